The van der Waals surface area contributed by atoms with E-state index in [1.807, 2.05) is 0 Å². The van der Waals surface area contributed by atoms with Crippen LogP contribution < -0.4 is 11.1 Å². The van der Waals surface area contributed by atoms with Crippen LogP contribution in [0.15, 0.2) is 24.3 Å². The minimum Gasteiger partial charge on any atom is -0.325 e. The molecule has 2 rings (SSSR count). The van der Waals surface area contributed by atoms with Gasteiger partial charge in [0.05, 0.1) is 5.69 Å². The van der Waals surface area contributed by atoms with Crippen molar-refractivity contribution in [3.8, 4) is 11.1 Å². The Kier molecular flexibility index (Phi) is 6.91. The fraction of sp³-hybridized carbons (Fsp3) is 0.353. The molecule has 0 aliphatic carbocycles. The van der Waals surface area contributed by atoms with Crippen molar-refractivity contribution in [1.29, 1.82) is 0 Å². The number of aromatic nitrogens is 3. The molecule has 0 saturated heterocycles. The quantitative estimate of drug-likeness (QED) is 0.467. The molecule has 0 aliphatic heterocycles. The zero-order valence-electron chi connectivity index (χ0n) is 14.7. The van der Waals surface area contributed by atoms with Gasteiger partial charge in [-0.15, -0.1) is 23.2 Å². The van der Waals surface area contributed by atoms with Crippen LogP contribution >= 0.6 is 23.2 Å². The molecule has 2 heterocycles. The molecule has 0 radical (unpaired) electrons. The standard InChI is InChI=1S/C17H19Cl2F2N5O/c1-7(6-11(22)15(18)19)17(27)24-12-5-4-10(14(23-12)16(20)21)13-8(2)25-26-9(13)3/h4-5,11,15-16H,1,6,22H2,2-3H3,(H,25,26)(H,23,24,27)/t11-/m0/s1. The number of aromatic amines is 1. The second-order valence-corrected chi connectivity index (χ2v) is 7.16. The molecule has 0 aromatic carbocycles. The fourth-order valence-corrected chi connectivity index (χ4v) is 2.72. The van der Waals surface area contributed by atoms with E-state index in [0.717, 1.165) is 0 Å². The van der Waals surface area contributed by atoms with E-state index in [-0.39, 0.29) is 23.4 Å². The number of nitrogens with two attached hydrogens (primary N) is 1. The number of alkyl halides is 4. The number of hydrogen-bond donors (Lipinski definition) is 3. The Morgan fingerprint density at radius 2 is 2.04 bits per heavy atom. The average molecular weight is 418 g/mol. The Labute approximate surface area is 165 Å². The van der Waals surface area contributed by atoms with Crippen LogP contribution in [0.2, 0.25) is 0 Å². The molecule has 0 fully saturated rings. The molecule has 27 heavy (non-hydrogen) atoms. The summed E-state index contributed by atoms with van der Waals surface area (Å²) in [6, 6.07) is 2.23. The first kappa shape index (κ1) is 21.3. The second-order valence-electron chi connectivity index (χ2n) is 6.00. The van der Waals surface area contributed by atoms with E-state index < -0.39 is 28.9 Å². The first-order chi connectivity index (χ1) is 12.6. The minimum absolute atomic E-state index is 0.0270. The number of H-pyrrole nitrogens is 1. The Balaban J connectivity index is 2.26. The van der Waals surface area contributed by atoms with Crippen molar-refractivity contribution >= 4 is 34.9 Å². The Morgan fingerprint density at radius 3 is 2.56 bits per heavy atom. The maximum Gasteiger partial charge on any atom is 0.281 e. The summed E-state index contributed by atoms with van der Waals surface area (Å²) in [6.07, 6.45) is -2.79. The molecule has 4 N–H and O–H groups in total. The third kappa shape index (κ3) is 5.03. The summed E-state index contributed by atoms with van der Waals surface area (Å²) in [4.78, 5) is 15.2. The number of aryl methyl sites for hydroxylation is 2. The van der Waals surface area contributed by atoms with Crippen molar-refractivity contribution in [3.05, 3.63) is 41.4 Å². The third-order valence-corrected chi connectivity index (χ3v) is 4.54. The molecule has 1 atom stereocenters. The summed E-state index contributed by atoms with van der Waals surface area (Å²) in [6.45, 7) is 7.05. The Morgan fingerprint density at radius 1 is 1.37 bits per heavy atom. The first-order valence-electron chi connectivity index (χ1n) is 7.95. The van der Waals surface area contributed by atoms with Crippen LogP contribution in [-0.2, 0) is 4.79 Å². The topological polar surface area (TPSA) is 96.7 Å². The molecule has 0 spiro atoms. The molecular weight excluding hydrogens is 399 g/mol. The zero-order valence-corrected chi connectivity index (χ0v) is 16.2. The van der Waals surface area contributed by atoms with E-state index in [2.05, 4.69) is 27.1 Å². The molecule has 1 amide bonds. The van der Waals surface area contributed by atoms with Crippen LogP contribution in [0.1, 0.15) is 29.9 Å². The highest BCUT2D eigenvalue weighted by atomic mass is 35.5. The molecule has 146 valence electrons. The molecule has 2 aromatic rings. The molecule has 0 saturated carbocycles. The van der Waals surface area contributed by atoms with Crippen molar-refractivity contribution in [2.24, 2.45) is 5.73 Å². The number of anilines is 1. The van der Waals surface area contributed by atoms with E-state index >= 15 is 0 Å². The summed E-state index contributed by atoms with van der Waals surface area (Å²) in [5.41, 5.74) is 7.37. The van der Waals surface area contributed by atoms with Gasteiger partial charge in [0.25, 0.3) is 12.3 Å². The van der Waals surface area contributed by atoms with Gasteiger partial charge in [-0.1, -0.05) is 6.58 Å². The van der Waals surface area contributed by atoms with E-state index in [1.54, 1.807) is 13.8 Å². The maximum atomic E-state index is 13.6. The number of hydrogen-bond acceptors (Lipinski definition) is 4. The number of amides is 1. The predicted octanol–water partition coefficient (Wildman–Crippen LogP) is 4.04. The van der Waals surface area contributed by atoms with E-state index in [1.165, 1.54) is 12.1 Å². The van der Waals surface area contributed by atoms with Crippen molar-refractivity contribution in [2.75, 3.05) is 5.32 Å². The highest BCUT2D eigenvalue weighted by molar-refractivity contribution is 6.44. The van der Waals surface area contributed by atoms with E-state index in [4.69, 9.17) is 28.9 Å². The van der Waals surface area contributed by atoms with Gasteiger partial charge in [0.2, 0.25) is 0 Å². The number of carbonyl (C=O) groups is 1. The number of nitrogens with one attached hydrogen (secondary N) is 2. The minimum atomic E-state index is -2.84. The number of carbonyl (C=O) groups excluding carboxylic acids is 1. The van der Waals surface area contributed by atoms with Crippen molar-refractivity contribution in [2.45, 2.75) is 37.6 Å². The lowest BCUT2D eigenvalue weighted by atomic mass is 10.0. The largest absolute Gasteiger partial charge is 0.325 e. The van der Waals surface area contributed by atoms with Crippen LogP contribution in [0, 0.1) is 13.8 Å². The molecule has 2 aromatic heterocycles. The third-order valence-electron chi connectivity index (χ3n) is 3.90. The lowest BCUT2D eigenvalue weighted by Crippen LogP contribution is -2.30. The Hall–Kier alpha value is -2.03. The molecule has 0 unspecified atom stereocenters. The van der Waals surface area contributed by atoms with Crippen molar-refractivity contribution < 1.29 is 13.6 Å². The summed E-state index contributed by atoms with van der Waals surface area (Å²) in [7, 11) is 0. The predicted molar refractivity (Wildman–Crippen MR) is 102 cm³/mol. The monoisotopic (exact) mass is 417 g/mol. The number of rotatable bonds is 7. The maximum absolute atomic E-state index is 13.6. The van der Waals surface area contributed by atoms with Crippen LogP contribution in [0.5, 0.6) is 0 Å². The SMILES string of the molecule is C=C(C[C@H](N)C(Cl)Cl)C(=O)Nc1ccc(-c2c(C)n[nH]c2C)c(C(F)F)n1. The molecule has 0 aliphatic rings. The number of nitrogens with zero attached hydrogens (tertiary/aromatic N) is 2. The summed E-state index contributed by atoms with van der Waals surface area (Å²) in [5.74, 6) is -0.628. The van der Waals surface area contributed by atoms with Gasteiger partial charge in [0.15, 0.2) is 0 Å². The van der Waals surface area contributed by atoms with Crippen LogP contribution in [0.25, 0.3) is 11.1 Å². The number of pyridine rings is 1. The van der Waals surface area contributed by atoms with Crippen LogP contribution in [0.4, 0.5) is 14.6 Å². The van der Waals surface area contributed by atoms with Gasteiger partial charge in [-0.3, -0.25) is 9.89 Å². The molecule has 6 nitrogen and oxygen atoms in total. The van der Waals surface area contributed by atoms with Crippen LogP contribution in [0.3, 0.4) is 0 Å². The highest BCUT2D eigenvalue weighted by Gasteiger charge is 2.22. The molecule has 10 heteroatoms. The van der Waals surface area contributed by atoms with E-state index in [0.29, 0.717) is 17.0 Å². The van der Waals surface area contributed by atoms with Gasteiger partial charge >= 0.3 is 0 Å². The van der Waals surface area contributed by atoms with Gasteiger partial charge in [-0.05, 0) is 32.4 Å². The van der Waals surface area contributed by atoms with Gasteiger partial charge in [0.1, 0.15) is 16.3 Å². The average Bonchev–Trinajstić information content (AvgIpc) is 2.93. The molecular formula is C17H19Cl2F2N5O. The first-order valence-corrected chi connectivity index (χ1v) is 8.83. The van der Waals surface area contributed by atoms with Gasteiger partial charge in [-0.25, -0.2) is 13.8 Å². The highest BCUT2D eigenvalue weighted by Crippen LogP contribution is 2.34. The number of halogens is 4. The lowest BCUT2D eigenvalue weighted by molar-refractivity contribution is -0.113. The lowest BCUT2D eigenvalue weighted by Gasteiger charge is -2.15. The van der Waals surface area contributed by atoms with Gasteiger partial charge < -0.3 is 11.1 Å². The summed E-state index contributed by atoms with van der Waals surface area (Å²) < 4.78 is 27.1. The second kappa shape index (κ2) is 8.77. The fourth-order valence-electron chi connectivity index (χ4n) is 2.54. The zero-order chi connectivity index (χ0) is 20.3. The molecule has 0 bridgehead atoms. The van der Waals surface area contributed by atoms with Crippen LogP contribution in [-0.4, -0.2) is 32.0 Å². The van der Waals surface area contributed by atoms with E-state index in [9.17, 15) is 13.6 Å². The van der Waals surface area contributed by atoms with Gasteiger partial charge in [0, 0.05) is 28.4 Å². The van der Waals surface area contributed by atoms with Crippen molar-refractivity contribution in [1.82, 2.24) is 15.2 Å². The smallest absolute Gasteiger partial charge is 0.281 e. The Bertz CT molecular complexity index is 834. The normalized spacial score (nSPS) is 12.5. The summed E-state index contributed by atoms with van der Waals surface area (Å²) >= 11 is 11.3. The van der Waals surface area contributed by atoms with Crippen molar-refractivity contribution in [3.63, 3.8) is 0 Å². The summed E-state index contributed by atoms with van der Waals surface area (Å²) in [5, 5.41) is 9.20. The van der Waals surface area contributed by atoms with Gasteiger partial charge in [-0.2, -0.15) is 5.10 Å².